The fourth-order valence-corrected chi connectivity index (χ4v) is 6.58. The normalized spacial score (nSPS) is 14.1. The van der Waals surface area contributed by atoms with Crippen molar-refractivity contribution in [3.8, 4) is 0 Å². The third-order valence-corrected chi connectivity index (χ3v) is 10.2. The quantitative estimate of drug-likeness (QED) is 0.0134. The van der Waals surface area contributed by atoms with E-state index in [4.69, 9.17) is 19.1 Å². The van der Waals surface area contributed by atoms with E-state index in [1.807, 2.05) is 6.08 Å². The number of unbranched alkanes of at least 4 members (excludes halogenated alkanes) is 20. The van der Waals surface area contributed by atoms with Gasteiger partial charge in [-0.15, -0.1) is 0 Å². The van der Waals surface area contributed by atoms with Crippen LogP contribution in [0.3, 0.4) is 0 Å². The van der Waals surface area contributed by atoms with E-state index in [9.17, 15) is 28.9 Å². The van der Waals surface area contributed by atoms with E-state index in [0.717, 1.165) is 64.2 Å². The molecule has 0 aliphatic carbocycles. The molecule has 0 radical (unpaired) electrons. The highest BCUT2D eigenvalue weighted by Crippen LogP contribution is 2.43. The lowest BCUT2D eigenvalue weighted by molar-refractivity contribution is -0.161. The summed E-state index contributed by atoms with van der Waals surface area (Å²) in [4.78, 5) is 47.0. The molecule has 0 aliphatic rings. The first-order valence-electron chi connectivity index (χ1n) is 21.9. The molecule has 0 heterocycles. The lowest BCUT2D eigenvalue weighted by Crippen LogP contribution is -2.29. The Bertz CT molecular complexity index is 1090. The summed E-state index contributed by atoms with van der Waals surface area (Å²) < 4.78 is 32.6. The molecule has 0 saturated heterocycles. The number of carbonyl (C=O) groups is 3. The molecule has 0 aromatic heterocycles. The summed E-state index contributed by atoms with van der Waals surface area (Å²) in [7, 11) is -4.64. The van der Waals surface area contributed by atoms with Crippen LogP contribution in [0.1, 0.15) is 187 Å². The SMILES string of the molecule is CCCCC/C=C\C=C\C(=O)CCCCCCCC(=O)OC[C@H](COP(=O)(O)OC[C@@H](O)CO)OC(=O)CCCCCCCCC/C=C\CCCCCCCC. The van der Waals surface area contributed by atoms with Crippen molar-refractivity contribution in [3.63, 3.8) is 0 Å². The van der Waals surface area contributed by atoms with Crippen molar-refractivity contribution in [1.82, 2.24) is 0 Å². The van der Waals surface area contributed by atoms with Gasteiger partial charge in [-0.3, -0.25) is 23.4 Å². The summed E-state index contributed by atoms with van der Waals surface area (Å²) in [5.74, 6) is -0.913. The van der Waals surface area contributed by atoms with Gasteiger partial charge >= 0.3 is 19.8 Å². The van der Waals surface area contributed by atoms with Gasteiger partial charge in [0.1, 0.15) is 12.7 Å². The van der Waals surface area contributed by atoms with Crippen LogP contribution in [0.5, 0.6) is 0 Å². The second-order valence-corrected chi connectivity index (χ2v) is 16.2. The van der Waals surface area contributed by atoms with E-state index in [0.29, 0.717) is 19.3 Å². The Morgan fingerprint density at radius 1 is 0.571 bits per heavy atom. The van der Waals surface area contributed by atoms with Gasteiger partial charge in [0.25, 0.3) is 0 Å². The number of ether oxygens (including phenoxy) is 2. The molecule has 12 heteroatoms. The van der Waals surface area contributed by atoms with Crippen LogP contribution in [0.2, 0.25) is 0 Å². The molecule has 11 nitrogen and oxygen atoms in total. The second kappa shape index (κ2) is 39.7. The average molecular weight is 815 g/mol. The first kappa shape index (κ1) is 53.9. The average Bonchev–Trinajstić information content (AvgIpc) is 3.18. The van der Waals surface area contributed by atoms with E-state index in [-0.39, 0.29) is 25.2 Å². The van der Waals surface area contributed by atoms with E-state index in [1.165, 1.54) is 77.0 Å². The summed E-state index contributed by atoms with van der Waals surface area (Å²) in [5.41, 5.74) is 0. The predicted octanol–water partition coefficient (Wildman–Crippen LogP) is 10.7. The molecule has 0 bridgehead atoms. The third kappa shape index (κ3) is 38.7. The first-order valence-corrected chi connectivity index (χ1v) is 23.4. The van der Waals surface area contributed by atoms with Gasteiger partial charge in [-0.05, 0) is 63.9 Å². The minimum Gasteiger partial charge on any atom is -0.462 e. The van der Waals surface area contributed by atoms with Crippen LogP contribution in [0.25, 0.3) is 0 Å². The van der Waals surface area contributed by atoms with E-state index in [2.05, 4.69) is 36.6 Å². The number of hydrogen-bond acceptors (Lipinski definition) is 10. The number of phosphoric ester groups is 1. The fraction of sp³-hybridized carbons (Fsp3) is 0.795. The molecule has 3 N–H and O–H groups in total. The number of ketones is 1. The van der Waals surface area contributed by atoms with Crippen LogP contribution in [0.15, 0.2) is 36.5 Å². The Labute approximate surface area is 339 Å². The number of allylic oxidation sites excluding steroid dienone is 6. The Morgan fingerprint density at radius 3 is 1.62 bits per heavy atom. The number of esters is 2. The molecular weight excluding hydrogens is 735 g/mol. The largest absolute Gasteiger partial charge is 0.472 e. The van der Waals surface area contributed by atoms with Gasteiger partial charge in [0, 0.05) is 19.3 Å². The van der Waals surface area contributed by atoms with Gasteiger partial charge in [-0.1, -0.05) is 141 Å². The molecule has 56 heavy (non-hydrogen) atoms. The fourth-order valence-electron chi connectivity index (χ4n) is 5.79. The smallest absolute Gasteiger partial charge is 0.462 e. The van der Waals surface area contributed by atoms with Crippen LogP contribution in [-0.4, -0.2) is 71.5 Å². The van der Waals surface area contributed by atoms with Crippen LogP contribution < -0.4 is 0 Å². The van der Waals surface area contributed by atoms with Crippen molar-refractivity contribution < 1.29 is 52.6 Å². The van der Waals surface area contributed by atoms with Crippen LogP contribution in [-0.2, 0) is 37.5 Å². The highest BCUT2D eigenvalue weighted by Gasteiger charge is 2.27. The van der Waals surface area contributed by atoms with Crippen LogP contribution >= 0.6 is 7.82 Å². The van der Waals surface area contributed by atoms with Crippen molar-refractivity contribution in [3.05, 3.63) is 36.5 Å². The van der Waals surface area contributed by atoms with Crippen molar-refractivity contribution in [2.24, 2.45) is 0 Å². The molecule has 0 amide bonds. The van der Waals surface area contributed by atoms with Gasteiger partial charge < -0.3 is 24.6 Å². The molecule has 0 rings (SSSR count). The molecule has 3 atom stereocenters. The maximum absolute atomic E-state index is 12.6. The summed E-state index contributed by atoms with van der Waals surface area (Å²) in [6.07, 6.45) is 36.4. The second-order valence-electron chi connectivity index (χ2n) is 14.7. The summed E-state index contributed by atoms with van der Waals surface area (Å²) in [6.45, 7) is 2.19. The number of rotatable bonds is 41. The van der Waals surface area contributed by atoms with Gasteiger partial charge in [0.15, 0.2) is 11.9 Å². The number of aliphatic hydroxyl groups is 2. The molecule has 1 unspecified atom stereocenters. The molecule has 0 aromatic rings. The predicted molar refractivity (Wildman–Crippen MR) is 224 cm³/mol. The molecular formula is C44H79O11P. The molecule has 0 fully saturated rings. The zero-order valence-electron chi connectivity index (χ0n) is 35.1. The Hall–Kier alpha value is -2.14. The zero-order valence-corrected chi connectivity index (χ0v) is 36.0. The molecule has 0 aromatic carbocycles. The topological polar surface area (TPSA) is 166 Å². The lowest BCUT2D eigenvalue weighted by atomic mass is 10.1. The van der Waals surface area contributed by atoms with Crippen molar-refractivity contribution >= 4 is 25.5 Å². The maximum Gasteiger partial charge on any atom is 0.472 e. The number of phosphoric acid groups is 1. The zero-order chi connectivity index (χ0) is 41.4. The van der Waals surface area contributed by atoms with E-state index in [1.54, 1.807) is 12.2 Å². The van der Waals surface area contributed by atoms with Crippen molar-refractivity contribution in [2.75, 3.05) is 26.4 Å². The molecule has 0 spiro atoms. The van der Waals surface area contributed by atoms with Crippen molar-refractivity contribution in [1.29, 1.82) is 0 Å². The monoisotopic (exact) mass is 815 g/mol. The maximum atomic E-state index is 12.6. The third-order valence-electron chi connectivity index (χ3n) is 9.24. The van der Waals surface area contributed by atoms with Gasteiger partial charge in [0.05, 0.1) is 19.8 Å². The minimum absolute atomic E-state index is 0.108. The number of hydrogen-bond donors (Lipinski definition) is 3. The number of carbonyl (C=O) groups excluding carboxylic acids is 3. The van der Waals surface area contributed by atoms with E-state index >= 15 is 0 Å². The van der Waals surface area contributed by atoms with Gasteiger partial charge in [-0.25, -0.2) is 4.57 Å². The summed E-state index contributed by atoms with van der Waals surface area (Å²) in [6, 6.07) is 0. The summed E-state index contributed by atoms with van der Waals surface area (Å²) >= 11 is 0. The first-order chi connectivity index (χ1) is 27.1. The highest BCUT2D eigenvalue weighted by molar-refractivity contribution is 7.47. The molecule has 326 valence electrons. The highest BCUT2D eigenvalue weighted by atomic mass is 31.2. The lowest BCUT2D eigenvalue weighted by Gasteiger charge is -2.20. The van der Waals surface area contributed by atoms with Gasteiger partial charge in [0.2, 0.25) is 0 Å². The van der Waals surface area contributed by atoms with Crippen LogP contribution in [0.4, 0.5) is 0 Å². The Kier molecular flexibility index (Phi) is 38.2. The minimum atomic E-state index is -4.64. The van der Waals surface area contributed by atoms with Crippen LogP contribution in [0, 0.1) is 0 Å². The standard InChI is InChI=1S/C44H79O11P/c1-3-5-7-9-11-12-13-14-15-16-17-18-19-20-22-26-31-35-44(49)55-42(39-54-56(50,51)53-37-41(47)36-45)38-52-43(48)34-30-27-23-25-29-33-40(46)32-28-24-21-10-8-6-4-2/h14-15,21,24,28,32,41-42,45,47H,3-13,16-20,22-23,25-27,29-31,33-39H2,1-2H3,(H,50,51)/b15-14-,24-21-,32-28+/t41-,42+/m0/s1. The Morgan fingerprint density at radius 2 is 1.04 bits per heavy atom. The number of aliphatic hydroxyl groups excluding tert-OH is 2. The summed E-state index contributed by atoms with van der Waals surface area (Å²) in [5, 5.41) is 18.3. The molecule has 0 aliphatic heterocycles. The van der Waals surface area contributed by atoms with Gasteiger partial charge in [-0.2, -0.15) is 0 Å². The Balaban J connectivity index is 4.37. The van der Waals surface area contributed by atoms with Crippen molar-refractivity contribution in [2.45, 2.75) is 199 Å². The van der Waals surface area contributed by atoms with E-state index < -0.39 is 51.8 Å². The molecule has 0 saturated carbocycles.